The number of amides is 1. The molecule has 28 heavy (non-hydrogen) atoms. The van der Waals surface area contributed by atoms with Crippen LogP contribution in [-0.2, 0) is 14.3 Å². The molecule has 2 aliphatic rings. The van der Waals surface area contributed by atoms with E-state index in [4.69, 9.17) is 16.3 Å². The first-order valence-corrected chi connectivity index (χ1v) is 10.4. The second-order valence-electron chi connectivity index (χ2n) is 7.41. The van der Waals surface area contributed by atoms with Gasteiger partial charge in [-0.25, -0.2) is 4.98 Å². The number of rotatable bonds is 5. The smallest absolute Gasteiger partial charge is 0.310 e. The molecular weight excluding hydrogens is 380 g/mol. The number of halogens is 1. The van der Waals surface area contributed by atoms with E-state index in [1.165, 1.54) is 0 Å². The minimum atomic E-state index is -0.197. The second-order valence-corrected chi connectivity index (χ2v) is 7.85. The summed E-state index contributed by atoms with van der Waals surface area (Å²) in [5, 5.41) is 0.629. The van der Waals surface area contributed by atoms with E-state index < -0.39 is 0 Å². The van der Waals surface area contributed by atoms with Crippen molar-refractivity contribution in [3.8, 4) is 0 Å². The number of carbonyl (C=O) groups is 2. The van der Waals surface area contributed by atoms with Crippen molar-refractivity contribution < 1.29 is 14.3 Å². The van der Waals surface area contributed by atoms with Crippen molar-refractivity contribution in [2.75, 3.05) is 50.8 Å². The van der Waals surface area contributed by atoms with Gasteiger partial charge in [-0.15, -0.1) is 0 Å². The lowest BCUT2D eigenvalue weighted by atomic mass is 9.97. The van der Waals surface area contributed by atoms with Gasteiger partial charge >= 0.3 is 5.97 Å². The first-order valence-electron chi connectivity index (χ1n) is 10.1. The molecule has 0 radical (unpaired) electrons. The topological polar surface area (TPSA) is 66.0 Å². The molecule has 7 nitrogen and oxygen atoms in total. The highest BCUT2D eigenvalue weighted by Crippen LogP contribution is 2.21. The van der Waals surface area contributed by atoms with Crippen molar-refractivity contribution >= 4 is 29.3 Å². The molecule has 2 unspecified atom stereocenters. The Morgan fingerprint density at radius 1 is 1.25 bits per heavy atom. The number of likely N-dealkylation sites (tertiary alicyclic amines) is 1. The van der Waals surface area contributed by atoms with E-state index in [1.807, 2.05) is 30.9 Å². The van der Waals surface area contributed by atoms with Crippen molar-refractivity contribution in [3.63, 3.8) is 0 Å². The van der Waals surface area contributed by atoms with Gasteiger partial charge in [-0.05, 0) is 38.8 Å². The Bertz CT molecular complexity index is 677. The van der Waals surface area contributed by atoms with Gasteiger partial charge < -0.3 is 14.5 Å². The van der Waals surface area contributed by atoms with E-state index in [1.54, 1.807) is 6.20 Å². The number of anilines is 1. The zero-order valence-corrected chi connectivity index (χ0v) is 17.4. The Morgan fingerprint density at radius 3 is 2.64 bits per heavy atom. The number of nitrogens with zero attached hydrogens (tertiary/aromatic N) is 4. The maximum atomic E-state index is 13.0. The number of esters is 1. The van der Waals surface area contributed by atoms with Crippen LogP contribution in [0.25, 0.3) is 0 Å². The fourth-order valence-electron chi connectivity index (χ4n) is 3.94. The molecule has 2 saturated heterocycles. The predicted molar refractivity (Wildman–Crippen MR) is 108 cm³/mol. The largest absolute Gasteiger partial charge is 0.466 e. The quantitative estimate of drug-likeness (QED) is 0.695. The summed E-state index contributed by atoms with van der Waals surface area (Å²) < 4.78 is 5.14. The summed E-state index contributed by atoms with van der Waals surface area (Å²) in [5.74, 6) is 0.637. The Labute approximate surface area is 171 Å². The summed E-state index contributed by atoms with van der Waals surface area (Å²) in [5.41, 5.74) is 0. The molecule has 0 N–H and O–H groups in total. The zero-order valence-electron chi connectivity index (χ0n) is 16.6. The first kappa shape index (κ1) is 20.9. The van der Waals surface area contributed by atoms with Crippen LogP contribution in [0.4, 0.5) is 5.82 Å². The van der Waals surface area contributed by atoms with E-state index in [9.17, 15) is 9.59 Å². The van der Waals surface area contributed by atoms with Crippen LogP contribution in [0.5, 0.6) is 0 Å². The Balaban J connectivity index is 1.52. The number of piperazine rings is 1. The monoisotopic (exact) mass is 408 g/mol. The van der Waals surface area contributed by atoms with Gasteiger partial charge in [-0.2, -0.15) is 0 Å². The van der Waals surface area contributed by atoms with Gasteiger partial charge in [0.05, 0.1) is 23.6 Å². The third-order valence-electron chi connectivity index (χ3n) is 5.61. The van der Waals surface area contributed by atoms with Crippen LogP contribution in [0.1, 0.15) is 26.7 Å². The van der Waals surface area contributed by atoms with Gasteiger partial charge in [-0.1, -0.05) is 11.6 Å². The van der Waals surface area contributed by atoms with E-state index in [0.29, 0.717) is 24.7 Å². The molecule has 0 aromatic carbocycles. The lowest BCUT2D eigenvalue weighted by Crippen LogP contribution is -2.56. The molecule has 1 aromatic rings. The minimum absolute atomic E-state index is 0.104. The number of ether oxygens (including phenoxy) is 1. The number of pyridine rings is 1. The van der Waals surface area contributed by atoms with E-state index >= 15 is 0 Å². The van der Waals surface area contributed by atoms with Gasteiger partial charge in [0.2, 0.25) is 5.91 Å². The van der Waals surface area contributed by atoms with Crippen LogP contribution >= 0.6 is 11.6 Å². The van der Waals surface area contributed by atoms with Crippen molar-refractivity contribution in [2.24, 2.45) is 5.92 Å². The zero-order chi connectivity index (χ0) is 20.1. The molecule has 154 valence electrons. The molecule has 2 atom stereocenters. The molecule has 1 amide bonds. The molecule has 2 aliphatic heterocycles. The number of aromatic nitrogens is 1. The van der Waals surface area contributed by atoms with Crippen molar-refractivity contribution in [3.05, 3.63) is 23.4 Å². The lowest BCUT2D eigenvalue weighted by molar-refractivity contribution is -0.152. The van der Waals surface area contributed by atoms with Crippen molar-refractivity contribution in [1.29, 1.82) is 0 Å². The van der Waals surface area contributed by atoms with Crippen LogP contribution in [0, 0.1) is 5.92 Å². The third-order valence-corrected chi connectivity index (χ3v) is 5.83. The molecule has 0 saturated carbocycles. The first-order chi connectivity index (χ1) is 13.5. The van der Waals surface area contributed by atoms with Gasteiger partial charge in [0.15, 0.2) is 0 Å². The maximum Gasteiger partial charge on any atom is 0.310 e. The lowest BCUT2D eigenvalue weighted by Gasteiger charge is -2.40. The summed E-state index contributed by atoms with van der Waals surface area (Å²) in [6.45, 7) is 8.57. The summed E-state index contributed by atoms with van der Waals surface area (Å²) in [6, 6.07) is 3.58. The Hall–Kier alpha value is -1.86. The maximum absolute atomic E-state index is 13.0. The van der Waals surface area contributed by atoms with Gasteiger partial charge in [0, 0.05) is 45.5 Å². The number of carbonyl (C=O) groups excluding carboxylic acids is 2. The van der Waals surface area contributed by atoms with Gasteiger partial charge in [-0.3, -0.25) is 14.5 Å². The summed E-state index contributed by atoms with van der Waals surface area (Å²) in [6.07, 6.45) is 3.30. The Kier molecular flexibility index (Phi) is 7.13. The van der Waals surface area contributed by atoms with Crippen molar-refractivity contribution in [1.82, 2.24) is 14.8 Å². The second kappa shape index (κ2) is 9.56. The highest BCUT2D eigenvalue weighted by atomic mass is 35.5. The molecule has 8 heteroatoms. The average molecular weight is 409 g/mol. The molecule has 3 heterocycles. The van der Waals surface area contributed by atoms with E-state index in [-0.39, 0.29) is 23.8 Å². The summed E-state index contributed by atoms with van der Waals surface area (Å²) in [7, 11) is 0. The molecule has 0 bridgehead atoms. The third kappa shape index (κ3) is 4.94. The van der Waals surface area contributed by atoms with Gasteiger partial charge in [0.1, 0.15) is 5.82 Å². The minimum Gasteiger partial charge on any atom is -0.466 e. The molecule has 3 rings (SSSR count). The number of hydrogen-bond acceptors (Lipinski definition) is 6. The molecular formula is C20H29ClN4O3. The highest BCUT2D eigenvalue weighted by Gasteiger charge is 2.34. The normalized spacial score (nSPS) is 22.0. The fraction of sp³-hybridized carbons (Fsp3) is 0.650. The number of hydrogen-bond donors (Lipinski definition) is 0. The number of piperidine rings is 1. The highest BCUT2D eigenvalue weighted by molar-refractivity contribution is 6.30. The van der Waals surface area contributed by atoms with Crippen LogP contribution in [0.15, 0.2) is 18.3 Å². The summed E-state index contributed by atoms with van der Waals surface area (Å²) in [4.78, 5) is 35.7. The predicted octanol–water partition coefficient (Wildman–Crippen LogP) is 2.05. The van der Waals surface area contributed by atoms with Crippen LogP contribution in [0.2, 0.25) is 5.02 Å². The molecule has 2 fully saturated rings. The van der Waals surface area contributed by atoms with E-state index in [2.05, 4.69) is 14.8 Å². The standard InChI is InChI=1S/C20H29ClN4O3/c1-3-28-20(27)16-5-4-8-25(14-16)19(26)15(2)23-9-11-24(12-10-23)18-7-6-17(21)13-22-18/h6-7,13,15-16H,3-5,8-12,14H2,1-2H3. The Morgan fingerprint density at radius 2 is 2.00 bits per heavy atom. The van der Waals surface area contributed by atoms with Crippen molar-refractivity contribution in [2.45, 2.75) is 32.7 Å². The van der Waals surface area contributed by atoms with Gasteiger partial charge in [0.25, 0.3) is 0 Å². The van der Waals surface area contributed by atoms with Crippen LogP contribution < -0.4 is 4.90 Å². The molecule has 0 aliphatic carbocycles. The van der Waals surface area contributed by atoms with Crippen LogP contribution in [0.3, 0.4) is 0 Å². The molecule has 1 aromatic heterocycles. The van der Waals surface area contributed by atoms with E-state index in [0.717, 1.165) is 44.8 Å². The fourth-order valence-corrected chi connectivity index (χ4v) is 4.06. The van der Waals surface area contributed by atoms with Crippen LogP contribution in [-0.4, -0.2) is 78.6 Å². The average Bonchev–Trinajstić information content (AvgIpc) is 2.73. The summed E-state index contributed by atoms with van der Waals surface area (Å²) >= 11 is 5.91. The SMILES string of the molecule is CCOC(=O)C1CCCN(C(=O)C(C)N2CCN(c3ccc(Cl)cn3)CC2)C1. The molecule has 0 spiro atoms.